The fourth-order valence-corrected chi connectivity index (χ4v) is 1.93. The molecule has 9 heteroatoms. The zero-order chi connectivity index (χ0) is 16.8. The Kier molecular flexibility index (Phi) is 5.11. The van der Waals surface area contributed by atoms with Gasteiger partial charge in [0.2, 0.25) is 0 Å². The van der Waals surface area contributed by atoms with Gasteiger partial charge in [0.1, 0.15) is 12.2 Å². The second kappa shape index (κ2) is 7.24. The number of nitrogens with one attached hydrogen (secondary N) is 1. The van der Waals surface area contributed by atoms with Crippen LogP contribution in [0.3, 0.4) is 0 Å². The van der Waals surface area contributed by atoms with Gasteiger partial charge in [0.15, 0.2) is 11.3 Å². The van der Waals surface area contributed by atoms with Gasteiger partial charge in [0.25, 0.3) is 0 Å². The van der Waals surface area contributed by atoms with Crippen molar-refractivity contribution in [1.29, 1.82) is 5.26 Å². The van der Waals surface area contributed by atoms with Crippen molar-refractivity contribution in [2.75, 3.05) is 18.5 Å². The summed E-state index contributed by atoms with van der Waals surface area (Å²) in [5.41, 5.74) is -0.335. The maximum atomic E-state index is 11.0. The molecule has 0 aromatic heterocycles. The third kappa shape index (κ3) is 4.18. The topological polar surface area (TPSA) is 135 Å². The van der Waals surface area contributed by atoms with Gasteiger partial charge in [-0.1, -0.05) is 0 Å². The maximum Gasteiger partial charge on any atom is 0.347 e. The van der Waals surface area contributed by atoms with Crippen molar-refractivity contribution in [3.05, 3.63) is 40.1 Å². The van der Waals surface area contributed by atoms with E-state index in [1.54, 1.807) is 0 Å². The van der Waals surface area contributed by atoms with Gasteiger partial charge < -0.3 is 19.9 Å². The predicted molar refractivity (Wildman–Crippen MR) is 77.9 cm³/mol. The molecule has 0 spiro atoms. The van der Waals surface area contributed by atoms with Gasteiger partial charge in [-0.15, -0.1) is 0 Å². The van der Waals surface area contributed by atoms with E-state index in [2.05, 4.69) is 5.32 Å². The number of nitro benzene ring substituents is 1. The van der Waals surface area contributed by atoms with Gasteiger partial charge >= 0.3 is 11.7 Å². The van der Waals surface area contributed by atoms with Crippen LogP contribution in [0, 0.1) is 21.4 Å². The highest BCUT2D eigenvalue weighted by Crippen LogP contribution is 2.32. The van der Waals surface area contributed by atoms with Crippen molar-refractivity contribution >= 4 is 17.3 Å². The van der Waals surface area contributed by atoms with E-state index in [0.29, 0.717) is 25.3 Å². The number of nitriles is 1. The lowest BCUT2D eigenvalue weighted by atomic mass is 10.2. The van der Waals surface area contributed by atoms with Gasteiger partial charge in [-0.25, -0.2) is 4.79 Å². The van der Waals surface area contributed by atoms with E-state index in [9.17, 15) is 14.9 Å². The average Bonchev–Trinajstić information content (AvgIpc) is 3.00. The van der Waals surface area contributed by atoms with Crippen LogP contribution >= 0.6 is 0 Å². The Labute approximate surface area is 130 Å². The largest absolute Gasteiger partial charge is 0.481 e. The molecule has 120 valence electrons. The summed E-state index contributed by atoms with van der Waals surface area (Å²) in [5, 5.41) is 31.1. The summed E-state index contributed by atoms with van der Waals surface area (Å²) in [6.45, 7) is 0.885. The number of rotatable bonds is 6. The summed E-state index contributed by atoms with van der Waals surface area (Å²) < 4.78 is 10.7. The SMILES string of the molecule is N#C/C(=C/Nc1ccc([N+](=O)[O-])c(OC2CCOC2)c1)C(=O)O. The molecule has 0 amide bonds. The normalized spacial score (nSPS) is 17.3. The number of nitrogens with zero attached hydrogens (tertiary/aromatic N) is 2. The molecule has 0 saturated carbocycles. The van der Waals surface area contributed by atoms with E-state index in [0.717, 1.165) is 6.20 Å². The lowest BCUT2D eigenvalue weighted by Gasteiger charge is -2.13. The molecule has 9 nitrogen and oxygen atoms in total. The van der Waals surface area contributed by atoms with Crippen LogP contribution in [-0.4, -0.2) is 35.3 Å². The van der Waals surface area contributed by atoms with Gasteiger partial charge in [0, 0.05) is 30.4 Å². The molecule has 1 heterocycles. The van der Waals surface area contributed by atoms with Crippen molar-refractivity contribution in [3.8, 4) is 11.8 Å². The molecule has 0 radical (unpaired) electrons. The first-order chi connectivity index (χ1) is 11.0. The minimum absolute atomic E-state index is 0.0535. The molecule has 1 saturated heterocycles. The van der Waals surface area contributed by atoms with Crippen molar-refractivity contribution in [1.82, 2.24) is 0 Å². The second-order valence-electron chi connectivity index (χ2n) is 4.66. The lowest BCUT2D eigenvalue weighted by Crippen LogP contribution is -2.16. The Bertz CT molecular complexity index is 688. The summed E-state index contributed by atoms with van der Waals surface area (Å²) in [6.07, 6.45) is 1.37. The summed E-state index contributed by atoms with van der Waals surface area (Å²) in [4.78, 5) is 21.2. The minimum Gasteiger partial charge on any atom is -0.481 e. The number of aliphatic carboxylic acids is 1. The molecule has 1 fully saturated rings. The van der Waals surface area contributed by atoms with Crippen LogP contribution in [0.2, 0.25) is 0 Å². The van der Waals surface area contributed by atoms with Gasteiger partial charge in [-0.05, 0) is 6.07 Å². The molecule has 2 rings (SSSR count). The number of ether oxygens (including phenoxy) is 2. The molecular formula is C14H13N3O6. The standard InChI is InChI=1S/C14H13N3O6/c15-6-9(14(18)19)7-16-10-1-2-12(17(20)21)13(5-10)23-11-3-4-22-8-11/h1-2,5,7,11,16H,3-4,8H2,(H,18,19)/b9-7-. The second-order valence-corrected chi connectivity index (χ2v) is 4.66. The molecule has 1 aliphatic rings. The number of nitro groups is 1. The van der Waals surface area contributed by atoms with Crippen LogP contribution < -0.4 is 10.1 Å². The third-order valence-corrected chi connectivity index (χ3v) is 3.07. The number of hydrogen-bond acceptors (Lipinski definition) is 7. The van der Waals surface area contributed by atoms with E-state index < -0.39 is 16.5 Å². The van der Waals surface area contributed by atoms with E-state index in [1.807, 2.05) is 0 Å². The minimum atomic E-state index is -1.37. The summed E-state index contributed by atoms with van der Waals surface area (Å²) in [5.74, 6) is -1.32. The lowest BCUT2D eigenvalue weighted by molar-refractivity contribution is -0.386. The van der Waals surface area contributed by atoms with Gasteiger partial charge in [-0.2, -0.15) is 5.26 Å². The summed E-state index contributed by atoms with van der Waals surface area (Å²) >= 11 is 0. The number of hydrogen-bond donors (Lipinski definition) is 2. The number of carbonyl (C=O) groups is 1. The molecule has 1 aromatic rings. The van der Waals surface area contributed by atoms with Crippen molar-refractivity contribution in [2.24, 2.45) is 0 Å². The Morgan fingerprint density at radius 3 is 2.96 bits per heavy atom. The van der Waals surface area contributed by atoms with E-state index in [1.165, 1.54) is 24.3 Å². The van der Waals surface area contributed by atoms with Gasteiger partial charge in [0.05, 0.1) is 18.1 Å². The molecule has 1 aliphatic heterocycles. The van der Waals surface area contributed by atoms with Crippen molar-refractivity contribution in [3.63, 3.8) is 0 Å². The molecule has 1 unspecified atom stereocenters. The quantitative estimate of drug-likeness (QED) is 0.350. The monoisotopic (exact) mass is 319 g/mol. The first-order valence-corrected chi connectivity index (χ1v) is 6.64. The van der Waals surface area contributed by atoms with Crippen molar-refractivity contribution < 1.29 is 24.3 Å². The fourth-order valence-electron chi connectivity index (χ4n) is 1.93. The zero-order valence-electron chi connectivity index (χ0n) is 11.9. The molecule has 0 aliphatic carbocycles. The number of carboxylic acids is 1. The third-order valence-electron chi connectivity index (χ3n) is 3.07. The van der Waals surface area contributed by atoms with E-state index in [4.69, 9.17) is 19.8 Å². The summed E-state index contributed by atoms with van der Waals surface area (Å²) in [6, 6.07) is 5.53. The summed E-state index contributed by atoms with van der Waals surface area (Å²) in [7, 11) is 0. The number of carboxylic acid groups (broad SMARTS) is 1. The highest BCUT2D eigenvalue weighted by Gasteiger charge is 2.23. The van der Waals surface area contributed by atoms with Crippen LogP contribution in [0.25, 0.3) is 0 Å². The molecule has 1 aromatic carbocycles. The number of benzene rings is 1. The Morgan fingerprint density at radius 1 is 1.61 bits per heavy atom. The average molecular weight is 319 g/mol. The Hall–Kier alpha value is -3.12. The smallest absolute Gasteiger partial charge is 0.347 e. The fraction of sp³-hybridized carbons (Fsp3) is 0.286. The highest BCUT2D eigenvalue weighted by molar-refractivity contribution is 5.91. The van der Waals surface area contributed by atoms with Gasteiger partial charge in [-0.3, -0.25) is 10.1 Å². The highest BCUT2D eigenvalue weighted by atomic mass is 16.6. The molecule has 0 bridgehead atoms. The first-order valence-electron chi connectivity index (χ1n) is 6.64. The Balaban J connectivity index is 2.23. The number of anilines is 1. The van der Waals surface area contributed by atoms with Crippen LogP contribution in [0.5, 0.6) is 5.75 Å². The maximum absolute atomic E-state index is 11.0. The van der Waals surface area contributed by atoms with Crippen LogP contribution in [0.4, 0.5) is 11.4 Å². The molecule has 1 atom stereocenters. The van der Waals surface area contributed by atoms with Crippen molar-refractivity contribution in [2.45, 2.75) is 12.5 Å². The van der Waals surface area contributed by atoms with Crippen LogP contribution in [-0.2, 0) is 9.53 Å². The van der Waals surface area contributed by atoms with E-state index in [-0.39, 0.29) is 17.5 Å². The van der Waals surface area contributed by atoms with E-state index >= 15 is 0 Å². The molecular weight excluding hydrogens is 306 g/mol. The van der Waals surface area contributed by atoms with Crippen LogP contribution in [0.1, 0.15) is 6.42 Å². The predicted octanol–water partition coefficient (Wildman–Crippen LogP) is 1.67. The molecule has 2 N–H and O–H groups in total. The molecule has 23 heavy (non-hydrogen) atoms. The van der Waals surface area contributed by atoms with Crippen LogP contribution in [0.15, 0.2) is 30.0 Å². The zero-order valence-corrected chi connectivity index (χ0v) is 11.9. The Morgan fingerprint density at radius 2 is 2.39 bits per heavy atom. The first kappa shape index (κ1) is 16.3.